The zero-order valence-electron chi connectivity index (χ0n) is 12.9. The average molecular weight is 286 g/mol. The molecule has 0 radical (unpaired) electrons. The summed E-state index contributed by atoms with van der Waals surface area (Å²) in [5, 5.41) is 15.2. The van der Waals surface area contributed by atoms with E-state index in [0.29, 0.717) is 19.1 Å². The minimum absolute atomic E-state index is 0.0964. The van der Waals surface area contributed by atoms with E-state index in [1.165, 1.54) is 6.42 Å². The van der Waals surface area contributed by atoms with Gasteiger partial charge in [0.1, 0.15) is 0 Å². The average Bonchev–Trinajstić information content (AvgIpc) is 2.63. The highest BCUT2D eigenvalue weighted by molar-refractivity contribution is 5.74. The Labute approximate surface area is 122 Å². The summed E-state index contributed by atoms with van der Waals surface area (Å²) < 4.78 is 5.42. The number of urea groups is 1. The molecule has 5 nitrogen and oxygen atoms in total. The van der Waals surface area contributed by atoms with Gasteiger partial charge in [-0.25, -0.2) is 4.79 Å². The van der Waals surface area contributed by atoms with Crippen molar-refractivity contribution < 1.29 is 14.6 Å². The van der Waals surface area contributed by atoms with Gasteiger partial charge >= 0.3 is 6.03 Å². The van der Waals surface area contributed by atoms with Crippen LogP contribution in [0.15, 0.2) is 0 Å². The van der Waals surface area contributed by atoms with Crippen LogP contribution in [0.1, 0.15) is 46.0 Å². The van der Waals surface area contributed by atoms with E-state index in [-0.39, 0.29) is 24.6 Å². The summed E-state index contributed by atoms with van der Waals surface area (Å²) in [6.07, 6.45) is 5.42. The van der Waals surface area contributed by atoms with E-state index < -0.39 is 0 Å². The molecule has 2 unspecified atom stereocenters. The van der Waals surface area contributed by atoms with Crippen LogP contribution in [-0.2, 0) is 4.74 Å². The van der Waals surface area contributed by atoms with E-state index in [1.807, 2.05) is 0 Å². The number of aliphatic hydroxyl groups is 1. The number of hydrogen-bond acceptors (Lipinski definition) is 3. The number of amides is 2. The fourth-order valence-electron chi connectivity index (χ4n) is 2.57. The largest absolute Gasteiger partial charge is 0.396 e. The van der Waals surface area contributed by atoms with Gasteiger partial charge in [0.2, 0.25) is 0 Å². The highest BCUT2D eigenvalue weighted by Crippen LogP contribution is 2.22. The molecule has 0 aliphatic heterocycles. The van der Waals surface area contributed by atoms with Crippen molar-refractivity contribution in [1.82, 2.24) is 10.6 Å². The normalized spacial score (nSPS) is 23.4. The zero-order chi connectivity index (χ0) is 14.8. The van der Waals surface area contributed by atoms with Crippen molar-refractivity contribution >= 4 is 6.03 Å². The SMILES string of the molecule is CC(C)COCCNC(=O)NC1CCCCCC1CO. The van der Waals surface area contributed by atoms with Crippen LogP contribution in [0.3, 0.4) is 0 Å². The van der Waals surface area contributed by atoms with E-state index >= 15 is 0 Å². The van der Waals surface area contributed by atoms with Crippen molar-refractivity contribution in [2.24, 2.45) is 11.8 Å². The first-order chi connectivity index (χ1) is 9.63. The maximum Gasteiger partial charge on any atom is 0.315 e. The molecule has 0 aromatic carbocycles. The van der Waals surface area contributed by atoms with Crippen LogP contribution < -0.4 is 10.6 Å². The first-order valence-corrected chi connectivity index (χ1v) is 7.86. The van der Waals surface area contributed by atoms with Gasteiger partial charge in [-0.3, -0.25) is 0 Å². The van der Waals surface area contributed by atoms with Crippen LogP contribution in [-0.4, -0.2) is 43.5 Å². The maximum absolute atomic E-state index is 11.8. The lowest BCUT2D eigenvalue weighted by Crippen LogP contribution is -2.46. The second kappa shape index (κ2) is 10.00. The predicted octanol–water partition coefficient (Wildman–Crippen LogP) is 1.90. The van der Waals surface area contributed by atoms with Crippen LogP contribution in [0.2, 0.25) is 0 Å². The lowest BCUT2D eigenvalue weighted by Gasteiger charge is -2.24. The molecular weight excluding hydrogens is 256 g/mol. The third-order valence-corrected chi connectivity index (χ3v) is 3.69. The van der Waals surface area contributed by atoms with Gasteiger partial charge in [-0.1, -0.05) is 33.1 Å². The Hall–Kier alpha value is -0.810. The molecule has 0 aromatic heterocycles. The Morgan fingerprint density at radius 2 is 2.05 bits per heavy atom. The molecule has 1 rings (SSSR count). The second-order valence-corrected chi connectivity index (χ2v) is 6.06. The topological polar surface area (TPSA) is 70.6 Å². The van der Waals surface area contributed by atoms with E-state index in [0.717, 1.165) is 32.3 Å². The number of rotatable bonds is 7. The van der Waals surface area contributed by atoms with Crippen LogP contribution in [0.4, 0.5) is 4.79 Å². The quantitative estimate of drug-likeness (QED) is 0.494. The Bertz CT molecular complexity index is 272. The molecule has 1 aliphatic rings. The van der Waals surface area contributed by atoms with E-state index in [4.69, 9.17) is 4.74 Å². The van der Waals surface area contributed by atoms with E-state index in [2.05, 4.69) is 24.5 Å². The third kappa shape index (κ3) is 7.10. The molecule has 0 saturated heterocycles. The molecule has 2 atom stereocenters. The summed E-state index contributed by atoms with van der Waals surface area (Å²) in [4.78, 5) is 11.8. The summed E-state index contributed by atoms with van der Waals surface area (Å²) in [6, 6.07) is -0.0532. The van der Waals surface area contributed by atoms with E-state index in [1.54, 1.807) is 0 Å². The van der Waals surface area contributed by atoms with Gasteiger partial charge in [0.15, 0.2) is 0 Å². The smallest absolute Gasteiger partial charge is 0.315 e. The molecular formula is C15H30N2O3. The number of ether oxygens (including phenoxy) is 1. The molecule has 20 heavy (non-hydrogen) atoms. The standard InChI is InChI=1S/C15H30N2O3/c1-12(2)11-20-9-8-16-15(19)17-14-7-5-3-4-6-13(14)10-18/h12-14,18H,3-11H2,1-2H3,(H2,16,17,19). The molecule has 2 amide bonds. The van der Waals surface area contributed by atoms with Gasteiger partial charge in [-0.15, -0.1) is 0 Å². The van der Waals surface area contributed by atoms with Crippen molar-refractivity contribution in [2.75, 3.05) is 26.4 Å². The number of aliphatic hydroxyl groups excluding tert-OH is 1. The summed E-state index contributed by atoms with van der Waals surface area (Å²) >= 11 is 0. The highest BCUT2D eigenvalue weighted by atomic mass is 16.5. The summed E-state index contributed by atoms with van der Waals surface area (Å²) in [5.41, 5.74) is 0. The zero-order valence-corrected chi connectivity index (χ0v) is 12.9. The Morgan fingerprint density at radius 3 is 2.75 bits per heavy atom. The van der Waals surface area contributed by atoms with Crippen molar-refractivity contribution in [2.45, 2.75) is 52.0 Å². The van der Waals surface area contributed by atoms with Crippen molar-refractivity contribution in [3.05, 3.63) is 0 Å². The molecule has 0 spiro atoms. The molecule has 1 saturated carbocycles. The van der Waals surface area contributed by atoms with Crippen LogP contribution in [0.25, 0.3) is 0 Å². The summed E-state index contributed by atoms with van der Waals surface area (Å²) in [7, 11) is 0. The van der Waals surface area contributed by atoms with Gasteiger partial charge < -0.3 is 20.5 Å². The van der Waals surface area contributed by atoms with Crippen molar-refractivity contribution in [3.8, 4) is 0 Å². The minimum atomic E-state index is -0.150. The molecule has 5 heteroatoms. The Kier molecular flexibility index (Phi) is 8.62. The monoisotopic (exact) mass is 286 g/mol. The van der Waals surface area contributed by atoms with Gasteiger partial charge in [0, 0.05) is 31.7 Å². The molecule has 0 bridgehead atoms. The molecule has 0 aromatic rings. The lowest BCUT2D eigenvalue weighted by atomic mass is 9.96. The second-order valence-electron chi connectivity index (χ2n) is 6.06. The minimum Gasteiger partial charge on any atom is -0.396 e. The first-order valence-electron chi connectivity index (χ1n) is 7.86. The molecule has 0 heterocycles. The maximum atomic E-state index is 11.8. The molecule has 1 fully saturated rings. The highest BCUT2D eigenvalue weighted by Gasteiger charge is 2.24. The first kappa shape index (κ1) is 17.2. The van der Waals surface area contributed by atoms with Crippen LogP contribution in [0, 0.1) is 11.8 Å². The fraction of sp³-hybridized carbons (Fsp3) is 0.933. The van der Waals surface area contributed by atoms with Gasteiger partial charge in [0.05, 0.1) is 6.61 Å². The molecule has 3 N–H and O–H groups in total. The van der Waals surface area contributed by atoms with E-state index in [9.17, 15) is 9.90 Å². The number of carbonyl (C=O) groups excluding carboxylic acids is 1. The Morgan fingerprint density at radius 1 is 1.30 bits per heavy atom. The van der Waals surface area contributed by atoms with Gasteiger partial charge in [-0.05, 0) is 18.8 Å². The van der Waals surface area contributed by atoms with Gasteiger partial charge in [0.25, 0.3) is 0 Å². The predicted molar refractivity (Wildman–Crippen MR) is 79.6 cm³/mol. The van der Waals surface area contributed by atoms with Crippen LogP contribution in [0.5, 0.6) is 0 Å². The fourth-order valence-corrected chi connectivity index (χ4v) is 2.57. The summed E-state index contributed by atoms with van der Waals surface area (Å²) in [5.74, 6) is 0.709. The number of hydrogen-bond donors (Lipinski definition) is 3. The molecule has 118 valence electrons. The summed E-state index contributed by atoms with van der Waals surface area (Å²) in [6.45, 7) is 6.14. The Balaban J connectivity index is 2.19. The third-order valence-electron chi connectivity index (χ3n) is 3.69. The van der Waals surface area contributed by atoms with Crippen molar-refractivity contribution in [1.29, 1.82) is 0 Å². The van der Waals surface area contributed by atoms with Crippen molar-refractivity contribution in [3.63, 3.8) is 0 Å². The number of carbonyl (C=O) groups is 1. The van der Waals surface area contributed by atoms with Gasteiger partial charge in [-0.2, -0.15) is 0 Å². The lowest BCUT2D eigenvalue weighted by molar-refractivity contribution is 0.112. The number of nitrogens with one attached hydrogen (secondary N) is 2. The molecule has 1 aliphatic carbocycles. The van der Waals surface area contributed by atoms with Crippen LogP contribution >= 0.6 is 0 Å².